The van der Waals surface area contributed by atoms with Crippen LogP contribution in [0.5, 0.6) is 11.5 Å². The molecule has 256 valence electrons. The van der Waals surface area contributed by atoms with Gasteiger partial charge < -0.3 is 30.6 Å². The molecule has 47 heavy (non-hydrogen) atoms. The first kappa shape index (κ1) is 38.5. The Morgan fingerprint density at radius 2 is 1.66 bits per heavy atom. The number of amides is 2. The van der Waals surface area contributed by atoms with E-state index in [4.69, 9.17) is 14.3 Å². The van der Waals surface area contributed by atoms with Crippen LogP contribution in [-0.2, 0) is 16.1 Å². The van der Waals surface area contributed by atoms with Crippen molar-refractivity contribution in [3.05, 3.63) is 76.9 Å². The SMILES string of the molecule is CC.CC[C@@](C)(F)c1cc([C@@](O)(CNC(=O)c2cc3c(OC)cc(OC)cc3[nH]2)C(F)(F)F)nc(-c2ccc(F)cc2)c1C.NC=O. The van der Waals surface area contributed by atoms with Crippen LogP contribution in [0.15, 0.2) is 48.5 Å². The van der Waals surface area contributed by atoms with E-state index >= 15 is 4.39 Å². The number of pyridine rings is 1. The molecule has 0 bridgehead atoms. The number of benzene rings is 2. The van der Waals surface area contributed by atoms with Gasteiger partial charge in [0.05, 0.1) is 37.7 Å². The van der Waals surface area contributed by atoms with Gasteiger partial charge in [-0.15, -0.1) is 0 Å². The molecular weight excluding hydrogens is 627 g/mol. The molecule has 0 aliphatic carbocycles. The number of rotatable bonds is 9. The number of H-pyrrole nitrogens is 1. The lowest BCUT2D eigenvalue weighted by Gasteiger charge is -2.32. The number of aromatic nitrogens is 2. The number of halogens is 5. The zero-order valence-electron chi connectivity index (χ0n) is 27.1. The summed E-state index contributed by atoms with van der Waals surface area (Å²) in [4.78, 5) is 28.5. The maximum absolute atomic E-state index is 15.6. The molecule has 5 N–H and O–H groups in total. The molecule has 2 heterocycles. The first-order valence-corrected chi connectivity index (χ1v) is 14.5. The second-order valence-electron chi connectivity index (χ2n) is 10.2. The summed E-state index contributed by atoms with van der Waals surface area (Å²) < 4.78 is 83.4. The summed E-state index contributed by atoms with van der Waals surface area (Å²) in [6.45, 7) is 6.89. The first-order chi connectivity index (χ1) is 22.1. The van der Waals surface area contributed by atoms with Gasteiger partial charge in [-0.3, -0.25) is 9.59 Å². The number of nitrogens with one attached hydrogen (secondary N) is 2. The van der Waals surface area contributed by atoms with Crippen molar-refractivity contribution in [2.75, 3.05) is 20.8 Å². The first-order valence-electron chi connectivity index (χ1n) is 14.5. The van der Waals surface area contributed by atoms with Crippen LogP contribution >= 0.6 is 0 Å². The Morgan fingerprint density at radius 3 is 2.17 bits per heavy atom. The topological polar surface area (TPSA) is 140 Å². The van der Waals surface area contributed by atoms with Crippen molar-refractivity contribution in [3.8, 4) is 22.8 Å². The van der Waals surface area contributed by atoms with Gasteiger partial charge in [0.1, 0.15) is 28.7 Å². The molecule has 0 spiro atoms. The highest BCUT2D eigenvalue weighted by Gasteiger charge is 2.57. The molecular formula is C33H39F5N4O5. The minimum atomic E-state index is -5.34. The van der Waals surface area contributed by atoms with Crippen LogP contribution in [0.3, 0.4) is 0 Å². The van der Waals surface area contributed by atoms with Crippen LogP contribution in [0.25, 0.3) is 22.2 Å². The number of hydrogen-bond donors (Lipinski definition) is 4. The number of nitrogens with two attached hydrogens (primary N) is 1. The lowest BCUT2D eigenvalue weighted by atomic mass is 9.86. The van der Waals surface area contributed by atoms with Gasteiger partial charge in [0.15, 0.2) is 0 Å². The van der Waals surface area contributed by atoms with E-state index in [0.717, 1.165) is 18.2 Å². The predicted octanol–water partition coefficient (Wildman–Crippen LogP) is 6.60. The molecule has 4 rings (SSSR count). The van der Waals surface area contributed by atoms with Crippen molar-refractivity contribution in [1.82, 2.24) is 15.3 Å². The number of nitrogens with zero attached hydrogens (tertiary/aromatic N) is 1. The third-order valence-electron chi connectivity index (χ3n) is 7.39. The third-order valence-corrected chi connectivity index (χ3v) is 7.39. The van der Waals surface area contributed by atoms with E-state index in [1.807, 2.05) is 13.8 Å². The van der Waals surface area contributed by atoms with Crippen LogP contribution in [0, 0.1) is 12.7 Å². The predicted molar refractivity (Wildman–Crippen MR) is 168 cm³/mol. The minimum absolute atomic E-state index is 0.0644. The molecule has 9 nitrogen and oxygen atoms in total. The quantitative estimate of drug-likeness (QED) is 0.117. The van der Waals surface area contributed by atoms with Crippen molar-refractivity contribution < 1.29 is 46.1 Å². The molecule has 0 unspecified atom stereocenters. The van der Waals surface area contributed by atoms with Crippen molar-refractivity contribution >= 4 is 23.2 Å². The van der Waals surface area contributed by atoms with Gasteiger partial charge in [0.2, 0.25) is 12.0 Å². The molecule has 2 aromatic heterocycles. The summed E-state index contributed by atoms with van der Waals surface area (Å²) in [5.74, 6) is -0.754. The van der Waals surface area contributed by atoms with Crippen LogP contribution in [0.4, 0.5) is 22.0 Å². The zero-order valence-corrected chi connectivity index (χ0v) is 27.1. The summed E-state index contributed by atoms with van der Waals surface area (Å²) >= 11 is 0. The summed E-state index contributed by atoms with van der Waals surface area (Å²) in [6.07, 6.45) is -5.17. The number of aromatic amines is 1. The number of hydrogen-bond acceptors (Lipinski definition) is 6. The molecule has 2 aromatic carbocycles. The van der Waals surface area contributed by atoms with E-state index in [0.29, 0.717) is 22.4 Å². The molecule has 14 heteroatoms. The second-order valence-corrected chi connectivity index (χ2v) is 10.2. The largest absolute Gasteiger partial charge is 0.497 e. The molecule has 0 saturated heterocycles. The molecule has 0 aliphatic rings. The van der Waals surface area contributed by atoms with E-state index in [9.17, 15) is 27.5 Å². The van der Waals surface area contributed by atoms with Gasteiger partial charge in [-0.05, 0) is 67.8 Å². The third kappa shape index (κ3) is 8.36. The number of methoxy groups -OCH3 is 2. The Balaban J connectivity index is 0.00000145. The molecule has 2 amide bonds. The Bertz CT molecular complexity index is 1670. The zero-order chi connectivity index (χ0) is 35.7. The lowest BCUT2D eigenvalue weighted by Crippen LogP contribution is -2.51. The fourth-order valence-corrected chi connectivity index (χ4v) is 4.67. The van der Waals surface area contributed by atoms with Gasteiger partial charge in [-0.2, -0.15) is 13.2 Å². The van der Waals surface area contributed by atoms with Crippen molar-refractivity contribution in [3.63, 3.8) is 0 Å². The number of fused-ring (bicyclic) bond motifs is 1. The number of ether oxygens (including phenoxy) is 2. The smallest absolute Gasteiger partial charge is 0.424 e. The van der Waals surface area contributed by atoms with E-state index in [1.165, 1.54) is 53.2 Å². The molecule has 0 saturated carbocycles. The molecule has 0 aliphatic heterocycles. The maximum atomic E-state index is 15.6. The van der Waals surface area contributed by atoms with Crippen molar-refractivity contribution in [2.45, 2.75) is 58.5 Å². The summed E-state index contributed by atoms with van der Waals surface area (Å²) in [7, 11) is 2.85. The van der Waals surface area contributed by atoms with Crippen LogP contribution in [-0.4, -0.2) is 54.3 Å². The summed E-state index contributed by atoms with van der Waals surface area (Å²) in [5, 5.41) is 13.7. The average Bonchev–Trinajstić information content (AvgIpc) is 3.48. The van der Waals surface area contributed by atoms with Gasteiger partial charge in [0.25, 0.3) is 5.91 Å². The highest BCUT2D eigenvalue weighted by Crippen LogP contribution is 2.43. The van der Waals surface area contributed by atoms with Crippen LogP contribution in [0.1, 0.15) is 61.4 Å². The van der Waals surface area contributed by atoms with Crippen molar-refractivity contribution in [1.29, 1.82) is 0 Å². The van der Waals surface area contributed by atoms with Crippen molar-refractivity contribution in [2.24, 2.45) is 5.73 Å². The summed E-state index contributed by atoms with van der Waals surface area (Å²) in [6, 6.07) is 10.2. The monoisotopic (exact) mass is 666 g/mol. The molecule has 0 radical (unpaired) electrons. The fourth-order valence-electron chi connectivity index (χ4n) is 4.67. The highest BCUT2D eigenvalue weighted by atomic mass is 19.4. The molecule has 0 fully saturated rings. The number of carbonyl (C=O) groups excluding carboxylic acids is 2. The van der Waals surface area contributed by atoms with Gasteiger partial charge in [-0.1, -0.05) is 20.8 Å². The number of carbonyl (C=O) groups is 2. The van der Waals surface area contributed by atoms with E-state index in [2.05, 4.69) is 21.0 Å². The maximum Gasteiger partial charge on any atom is 0.424 e. The van der Waals surface area contributed by atoms with E-state index < -0.39 is 41.4 Å². The Hall–Kier alpha value is -4.72. The number of aliphatic hydroxyl groups is 1. The van der Waals surface area contributed by atoms with E-state index in [1.54, 1.807) is 12.1 Å². The molecule has 4 aromatic rings. The van der Waals surface area contributed by atoms with Gasteiger partial charge >= 0.3 is 6.18 Å². The minimum Gasteiger partial charge on any atom is -0.497 e. The average molecular weight is 667 g/mol. The van der Waals surface area contributed by atoms with Crippen LogP contribution < -0.4 is 20.5 Å². The normalized spacial score (nSPS) is 13.6. The number of alkyl halides is 4. The highest BCUT2D eigenvalue weighted by molar-refractivity contribution is 6.00. The standard InChI is InChI=1S/C30H30F5N3O4.C2H6.CH3NO/c1-6-28(3,32)21-14-25(38-26(16(21)2)17-7-9-18(31)10-8-17)29(40,30(33,34)35)15-36-27(39)23-13-20-22(37-23)11-19(41-4)12-24(20)42-5;1-2;2-1-3/h7-14,37,40H,6,15H2,1-5H3,(H,36,39);1-2H3;1H,(H2,2,3)/t28-,29+;;/m1../s1. The number of primary amides is 1. The second kappa shape index (κ2) is 15.7. The summed E-state index contributed by atoms with van der Waals surface area (Å²) in [5.41, 5.74) is -1.96. The Morgan fingerprint density at radius 1 is 1.06 bits per heavy atom. The Labute approximate surface area is 269 Å². The molecule has 2 atom stereocenters. The Kier molecular flexibility index (Phi) is 12.9. The van der Waals surface area contributed by atoms with Gasteiger partial charge in [0, 0.05) is 23.1 Å². The van der Waals surface area contributed by atoms with Crippen LogP contribution in [0.2, 0.25) is 0 Å². The lowest BCUT2D eigenvalue weighted by molar-refractivity contribution is -0.265. The fraction of sp³-hybridized carbons (Fsp3) is 0.364. The van der Waals surface area contributed by atoms with Gasteiger partial charge in [-0.25, -0.2) is 13.8 Å². The van der Waals surface area contributed by atoms with E-state index in [-0.39, 0.29) is 40.9 Å².